The molecule has 144 valence electrons. The van der Waals surface area contributed by atoms with Crippen molar-refractivity contribution in [3.8, 4) is 16.6 Å². The van der Waals surface area contributed by atoms with Crippen LogP contribution in [0.3, 0.4) is 0 Å². The van der Waals surface area contributed by atoms with Crippen molar-refractivity contribution >= 4 is 17.2 Å². The predicted octanol–water partition coefficient (Wildman–Crippen LogP) is 5.35. The number of nitriles is 1. The first-order chi connectivity index (χ1) is 13.6. The molecule has 0 aliphatic heterocycles. The van der Waals surface area contributed by atoms with Crippen LogP contribution in [-0.2, 0) is 0 Å². The molecular weight excluding hydrogens is 366 g/mol. The Morgan fingerprint density at radius 2 is 2.14 bits per heavy atom. The minimum Gasteiger partial charge on any atom is -0.405 e. The standard InChI is InChI=1S/C22H25N5S/c1-15(10-11-23)12-16(2)26-21-5-3-4-19(27-21)20-14-25-22(28-20)18-8-6-17(13-24)7-9-18/h3-5,10-12,14,17-18H,2,6-9,23H2,1H3,(H,26,27)/b11-10-,15-12-. The number of nitrogens with one attached hydrogen (secondary N) is 1. The van der Waals surface area contributed by atoms with E-state index >= 15 is 0 Å². The zero-order valence-electron chi connectivity index (χ0n) is 16.1. The monoisotopic (exact) mass is 391 g/mol. The van der Waals surface area contributed by atoms with Gasteiger partial charge < -0.3 is 11.1 Å². The molecule has 2 heterocycles. The lowest BCUT2D eigenvalue weighted by molar-refractivity contribution is 0.381. The minimum atomic E-state index is 0.214. The maximum atomic E-state index is 9.07. The first-order valence-electron chi connectivity index (χ1n) is 9.44. The van der Waals surface area contributed by atoms with Crippen molar-refractivity contribution in [3.05, 3.63) is 65.6 Å². The number of nitrogens with two attached hydrogens (primary N) is 1. The maximum Gasteiger partial charge on any atom is 0.131 e. The van der Waals surface area contributed by atoms with Crippen LogP contribution in [0.5, 0.6) is 0 Å². The van der Waals surface area contributed by atoms with E-state index in [9.17, 15) is 0 Å². The molecule has 6 heteroatoms. The molecule has 1 fully saturated rings. The molecule has 0 saturated heterocycles. The zero-order chi connectivity index (χ0) is 19.9. The topological polar surface area (TPSA) is 87.6 Å². The van der Waals surface area contributed by atoms with Gasteiger partial charge in [0.2, 0.25) is 0 Å². The third kappa shape index (κ3) is 5.08. The summed E-state index contributed by atoms with van der Waals surface area (Å²) in [6.07, 6.45) is 11.2. The summed E-state index contributed by atoms with van der Waals surface area (Å²) in [5, 5.41) is 13.4. The molecule has 3 N–H and O–H groups in total. The molecule has 5 nitrogen and oxygen atoms in total. The van der Waals surface area contributed by atoms with Gasteiger partial charge in [-0.15, -0.1) is 11.3 Å². The van der Waals surface area contributed by atoms with Gasteiger partial charge >= 0.3 is 0 Å². The Labute approximate surface area is 170 Å². The first-order valence-corrected chi connectivity index (χ1v) is 10.3. The number of allylic oxidation sites excluding steroid dienone is 3. The Morgan fingerprint density at radius 1 is 1.36 bits per heavy atom. The number of pyridine rings is 1. The van der Waals surface area contributed by atoms with Crippen LogP contribution >= 0.6 is 11.3 Å². The number of hydrogen-bond donors (Lipinski definition) is 2. The van der Waals surface area contributed by atoms with Gasteiger partial charge in [-0.05, 0) is 68.7 Å². The molecule has 2 aromatic rings. The average Bonchev–Trinajstić information content (AvgIpc) is 3.18. The van der Waals surface area contributed by atoms with Gasteiger partial charge in [0.05, 0.1) is 21.6 Å². The third-order valence-corrected chi connectivity index (χ3v) is 6.02. The molecular formula is C22H25N5S. The average molecular weight is 392 g/mol. The smallest absolute Gasteiger partial charge is 0.131 e. The van der Waals surface area contributed by atoms with E-state index in [1.54, 1.807) is 11.3 Å². The van der Waals surface area contributed by atoms with Crippen LogP contribution in [0, 0.1) is 17.2 Å². The second kappa shape index (κ2) is 9.34. The Hall–Kier alpha value is -2.91. The van der Waals surface area contributed by atoms with Gasteiger partial charge in [0, 0.05) is 23.7 Å². The van der Waals surface area contributed by atoms with Crippen LogP contribution in [0.4, 0.5) is 5.82 Å². The van der Waals surface area contributed by atoms with Crippen molar-refractivity contribution in [2.75, 3.05) is 5.32 Å². The highest BCUT2D eigenvalue weighted by molar-refractivity contribution is 7.15. The zero-order valence-corrected chi connectivity index (χ0v) is 16.9. The first kappa shape index (κ1) is 19.8. The summed E-state index contributed by atoms with van der Waals surface area (Å²) in [6.45, 7) is 5.98. The van der Waals surface area contributed by atoms with Gasteiger partial charge in [-0.2, -0.15) is 5.26 Å². The fraction of sp³-hybridized carbons (Fsp3) is 0.318. The molecule has 28 heavy (non-hydrogen) atoms. The van der Waals surface area contributed by atoms with Gasteiger partial charge in [0.1, 0.15) is 5.82 Å². The van der Waals surface area contributed by atoms with Crippen molar-refractivity contribution in [1.82, 2.24) is 9.97 Å². The Balaban J connectivity index is 1.69. The fourth-order valence-corrected chi connectivity index (χ4v) is 4.44. The Kier molecular flexibility index (Phi) is 6.62. The van der Waals surface area contributed by atoms with Crippen LogP contribution in [0.2, 0.25) is 0 Å². The lowest BCUT2D eigenvalue weighted by atomic mass is 9.83. The number of nitrogens with zero attached hydrogens (tertiary/aromatic N) is 3. The van der Waals surface area contributed by atoms with Crippen molar-refractivity contribution in [2.45, 2.75) is 38.5 Å². The van der Waals surface area contributed by atoms with Crippen molar-refractivity contribution < 1.29 is 0 Å². The highest BCUT2D eigenvalue weighted by Crippen LogP contribution is 2.39. The number of anilines is 1. The maximum absolute atomic E-state index is 9.07. The second-order valence-corrected chi connectivity index (χ2v) is 8.11. The SMILES string of the molecule is C=C(/C=C(C)\C=C/N)Nc1cccc(-c2cnc(C3CCC(C#N)CC3)s2)n1. The van der Waals surface area contributed by atoms with Gasteiger partial charge in [-0.25, -0.2) is 9.97 Å². The lowest BCUT2D eigenvalue weighted by Crippen LogP contribution is -2.11. The molecule has 1 aliphatic carbocycles. The number of aromatic nitrogens is 2. The van der Waals surface area contributed by atoms with Crippen molar-refractivity contribution in [3.63, 3.8) is 0 Å². The highest BCUT2D eigenvalue weighted by atomic mass is 32.1. The predicted molar refractivity (Wildman–Crippen MR) is 116 cm³/mol. The lowest BCUT2D eigenvalue weighted by Gasteiger charge is -2.22. The van der Waals surface area contributed by atoms with E-state index in [4.69, 9.17) is 16.0 Å². The van der Waals surface area contributed by atoms with E-state index in [-0.39, 0.29) is 5.92 Å². The quantitative estimate of drug-likeness (QED) is 0.648. The minimum absolute atomic E-state index is 0.214. The van der Waals surface area contributed by atoms with Crippen LogP contribution in [0.25, 0.3) is 10.6 Å². The number of thiazole rings is 1. The molecule has 3 rings (SSSR count). The third-order valence-electron chi connectivity index (χ3n) is 4.83. The van der Waals surface area contributed by atoms with E-state index in [1.165, 1.54) is 6.20 Å². The van der Waals surface area contributed by atoms with Crippen LogP contribution in [0.15, 0.2) is 60.6 Å². The summed E-state index contributed by atoms with van der Waals surface area (Å²) in [4.78, 5) is 10.4. The van der Waals surface area contributed by atoms with Gasteiger partial charge in [0.25, 0.3) is 0 Å². The second-order valence-electron chi connectivity index (χ2n) is 7.05. The molecule has 0 unspecified atom stereocenters. The van der Waals surface area contributed by atoms with Crippen LogP contribution < -0.4 is 11.1 Å². The summed E-state index contributed by atoms with van der Waals surface area (Å²) in [5.74, 6) is 1.42. The summed E-state index contributed by atoms with van der Waals surface area (Å²) < 4.78 is 0. The van der Waals surface area contributed by atoms with Crippen molar-refractivity contribution in [2.24, 2.45) is 11.7 Å². The Morgan fingerprint density at radius 3 is 2.86 bits per heavy atom. The molecule has 0 atom stereocenters. The summed E-state index contributed by atoms with van der Waals surface area (Å²) in [6, 6.07) is 8.28. The fourth-order valence-electron chi connectivity index (χ4n) is 3.38. The van der Waals surface area contributed by atoms with Gasteiger partial charge in [0.15, 0.2) is 0 Å². The van der Waals surface area contributed by atoms with Crippen molar-refractivity contribution in [1.29, 1.82) is 5.26 Å². The van der Waals surface area contributed by atoms with Crippen LogP contribution in [-0.4, -0.2) is 9.97 Å². The highest BCUT2D eigenvalue weighted by Gasteiger charge is 2.24. The molecule has 0 amide bonds. The summed E-state index contributed by atoms with van der Waals surface area (Å²) >= 11 is 1.70. The number of rotatable bonds is 6. The summed E-state index contributed by atoms with van der Waals surface area (Å²) in [7, 11) is 0. The molecule has 0 spiro atoms. The van der Waals surface area contributed by atoms with E-state index in [2.05, 4.69) is 22.9 Å². The van der Waals surface area contributed by atoms with E-state index < -0.39 is 0 Å². The molecule has 0 aromatic carbocycles. The largest absolute Gasteiger partial charge is 0.405 e. The Bertz CT molecular complexity index is 926. The van der Waals surface area contributed by atoms with Gasteiger partial charge in [-0.3, -0.25) is 0 Å². The molecule has 1 saturated carbocycles. The normalized spacial score (nSPS) is 20.1. The van der Waals surface area contributed by atoms with Crippen LogP contribution in [0.1, 0.15) is 43.5 Å². The molecule has 0 bridgehead atoms. The van der Waals surface area contributed by atoms with E-state index in [1.807, 2.05) is 43.5 Å². The molecule has 1 aliphatic rings. The van der Waals surface area contributed by atoms with Gasteiger partial charge in [-0.1, -0.05) is 12.6 Å². The summed E-state index contributed by atoms with van der Waals surface area (Å²) in [5.41, 5.74) is 8.07. The molecule has 0 radical (unpaired) electrons. The number of hydrogen-bond acceptors (Lipinski definition) is 6. The van der Waals surface area contributed by atoms with E-state index in [0.717, 1.165) is 58.3 Å². The molecule has 2 aromatic heterocycles. The van der Waals surface area contributed by atoms with E-state index in [0.29, 0.717) is 5.92 Å².